The molecule has 4 heterocycles. The minimum Gasteiger partial charge on any atom is -1.00 e. The van der Waals surface area contributed by atoms with Crippen molar-refractivity contribution < 1.29 is 42.8 Å². The van der Waals surface area contributed by atoms with Gasteiger partial charge in [0.2, 0.25) is 0 Å². The van der Waals surface area contributed by atoms with Gasteiger partial charge in [-0.15, -0.1) is 0 Å². The normalized spacial score (nSPS) is 19.0. The van der Waals surface area contributed by atoms with Crippen molar-refractivity contribution in [3.63, 3.8) is 0 Å². The molecule has 0 unspecified atom stereocenters. The number of rotatable bonds is 4. The highest BCUT2D eigenvalue weighted by atomic mass is 127. The minimum atomic E-state index is -0.359. The van der Waals surface area contributed by atoms with Crippen LogP contribution in [0, 0.1) is 0 Å². The highest BCUT2D eigenvalue weighted by Crippen LogP contribution is 2.31. The van der Waals surface area contributed by atoms with Gasteiger partial charge < -0.3 is 39.2 Å². The van der Waals surface area contributed by atoms with Crippen LogP contribution in [0.4, 0.5) is 5.82 Å². The molecule has 1 saturated heterocycles. The SMILES string of the molecule is C[n+]1cccc(C(=O)OC[C@@H]2CC[C@H](n3cnc4c(N)ncnc43)O2)c1.[I-]. The van der Waals surface area contributed by atoms with Crippen molar-refractivity contribution in [2.45, 2.75) is 25.2 Å². The summed E-state index contributed by atoms with van der Waals surface area (Å²) in [7, 11) is 1.85. The fourth-order valence-corrected chi connectivity index (χ4v) is 3.06. The van der Waals surface area contributed by atoms with Crippen LogP contribution < -0.4 is 34.3 Å². The van der Waals surface area contributed by atoms with Crippen LogP contribution in [0.5, 0.6) is 0 Å². The summed E-state index contributed by atoms with van der Waals surface area (Å²) >= 11 is 0. The third-order valence-corrected chi connectivity index (χ3v) is 4.36. The Morgan fingerprint density at radius 1 is 1.41 bits per heavy atom. The van der Waals surface area contributed by atoms with Crippen LogP contribution in [-0.2, 0) is 16.5 Å². The molecular weight excluding hydrogens is 463 g/mol. The van der Waals surface area contributed by atoms with E-state index >= 15 is 0 Å². The van der Waals surface area contributed by atoms with Crippen LogP contribution in [0.1, 0.15) is 29.4 Å². The summed E-state index contributed by atoms with van der Waals surface area (Å²) in [6, 6.07) is 3.53. The Bertz CT molecular complexity index is 963. The average molecular weight is 482 g/mol. The second-order valence-electron chi connectivity index (χ2n) is 6.23. The molecule has 0 aromatic carbocycles. The maximum absolute atomic E-state index is 12.1. The van der Waals surface area contributed by atoms with E-state index < -0.39 is 0 Å². The molecule has 0 aliphatic carbocycles. The number of ether oxygens (including phenoxy) is 2. The summed E-state index contributed by atoms with van der Waals surface area (Å²) < 4.78 is 15.0. The van der Waals surface area contributed by atoms with Crippen molar-refractivity contribution in [2.24, 2.45) is 7.05 Å². The number of esters is 1. The third kappa shape index (κ3) is 4.00. The first-order valence-electron chi connectivity index (χ1n) is 8.32. The number of fused-ring (bicyclic) bond motifs is 1. The summed E-state index contributed by atoms with van der Waals surface area (Å²) in [5, 5.41) is 0. The maximum Gasteiger partial charge on any atom is 0.344 e. The first kappa shape index (κ1) is 19.4. The molecule has 0 spiro atoms. The van der Waals surface area contributed by atoms with E-state index in [4.69, 9.17) is 15.2 Å². The molecule has 27 heavy (non-hydrogen) atoms. The maximum atomic E-state index is 12.1. The second-order valence-corrected chi connectivity index (χ2v) is 6.23. The van der Waals surface area contributed by atoms with Gasteiger partial charge in [0.25, 0.3) is 0 Å². The molecule has 4 rings (SSSR count). The number of aryl methyl sites for hydroxylation is 1. The lowest BCUT2D eigenvalue weighted by molar-refractivity contribution is -0.671. The van der Waals surface area contributed by atoms with Crippen LogP contribution in [-0.4, -0.2) is 38.2 Å². The summed E-state index contributed by atoms with van der Waals surface area (Å²) in [6.45, 7) is 0.206. The van der Waals surface area contributed by atoms with Gasteiger partial charge in [0.05, 0.1) is 12.4 Å². The molecule has 3 aromatic rings. The quantitative estimate of drug-likeness (QED) is 0.255. The minimum absolute atomic E-state index is 0. The van der Waals surface area contributed by atoms with E-state index in [1.165, 1.54) is 6.33 Å². The van der Waals surface area contributed by atoms with E-state index in [2.05, 4.69) is 15.0 Å². The number of imidazole rings is 1. The van der Waals surface area contributed by atoms with Gasteiger partial charge in [0, 0.05) is 6.07 Å². The van der Waals surface area contributed by atoms with E-state index in [-0.39, 0.29) is 48.9 Å². The molecular formula is C17H19IN6O3. The molecule has 0 amide bonds. The highest BCUT2D eigenvalue weighted by Gasteiger charge is 2.29. The predicted octanol–water partition coefficient (Wildman–Crippen LogP) is -2.23. The fourth-order valence-electron chi connectivity index (χ4n) is 3.06. The summed E-state index contributed by atoms with van der Waals surface area (Å²) in [5.41, 5.74) is 7.52. The van der Waals surface area contributed by atoms with E-state index in [1.807, 2.05) is 17.8 Å². The first-order valence-corrected chi connectivity index (χ1v) is 8.32. The second kappa shape index (κ2) is 8.13. The third-order valence-electron chi connectivity index (χ3n) is 4.36. The monoisotopic (exact) mass is 482 g/mol. The summed E-state index contributed by atoms with van der Waals surface area (Å²) in [6.07, 6.45) is 7.81. The molecule has 3 aromatic heterocycles. The number of aromatic nitrogens is 5. The van der Waals surface area contributed by atoms with Gasteiger partial charge in [0.1, 0.15) is 37.3 Å². The van der Waals surface area contributed by atoms with Crippen molar-refractivity contribution in [3.05, 3.63) is 42.7 Å². The fraction of sp³-hybridized carbons (Fsp3) is 0.353. The lowest BCUT2D eigenvalue weighted by atomic mass is 10.2. The van der Waals surface area contributed by atoms with Crippen molar-refractivity contribution >= 4 is 23.0 Å². The van der Waals surface area contributed by atoms with Crippen LogP contribution in [0.15, 0.2) is 37.2 Å². The number of nitrogens with two attached hydrogens (primary N) is 1. The molecule has 142 valence electrons. The van der Waals surface area contributed by atoms with Crippen molar-refractivity contribution in [2.75, 3.05) is 12.3 Å². The molecule has 10 heteroatoms. The first-order chi connectivity index (χ1) is 12.6. The highest BCUT2D eigenvalue weighted by molar-refractivity contribution is 5.88. The summed E-state index contributed by atoms with van der Waals surface area (Å²) in [5.74, 6) is -0.0184. The molecule has 2 N–H and O–H groups in total. The van der Waals surface area contributed by atoms with Gasteiger partial charge in [0.15, 0.2) is 23.9 Å². The standard InChI is InChI=1S/C17H19N6O3.HI/c1-22-6-2-3-11(7-22)17(24)25-8-12-4-5-13(26-12)23-10-21-14-15(18)19-9-20-16(14)23;/h2-3,6-7,9-10,12-13H,4-5,8H2,1H3,(H2,18,19,20);1H/q+1;/p-1/t12-,13+;/m0./s1. The van der Waals surface area contributed by atoms with Gasteiger partial charge >= 0.3 is 5.97 Å². The zero-order valence-corrected chi connectivity index (χ0v) is 16.8. The number of nitrogens with zero attached hydrogens (tertiary/aromatic N) is 5. The number of carbonyl (C=O) groups is 1. The Hall–Kier alpha value is -2.34. The van der Waals surface area contributed by atoms with Gasteiger partial charge in [-0.2, -0.15) is 0 Å². The van der Waals surface area contributed by atoms with E-state index in [1.54, 1.807) is 29.2 Å². The zero-order valence-electron chi connectivity index (χ0n) is 14.7. The molecule has 0 saturated carbocycles. The number of hydrogen-bond donors (Lipinski definition) is 1. The van der Waals surface area contributed by atoms with Gasteiger partial charge in [-0.3, -0.25) is 4.57 Å². The van der Waals surface area contributed by atoms with Gasteiger partial charge in [-0.05, 0) is 18.9 Å². The number of nitrogen functional groups attached to an aromatic ring is 1. The van der Waals surface area contributed by atoms with Crippen LogP contribution in [0.3, 0.4) is 0 Å². The Morgan fingerprint density at radius 3 is 3.07 bits per heavy atom. The molecule has 1 aliphatic rings. The lowest BCUT2D eigenvalue weighted by Crippen LogP contribution is -3.00. The number of pyridine rings is 1. The Labute approximate surface area is 172 Å². The molecule has 2 atom stereocenters. The predicted molar refractivity (Wildman–Crippen MR) is 90.8 cm³/mol. The van der Waals surface area contributed by atoms with Crippen LogP contribution in [0.2, 0.25) is 0 Å². The zero-order chi connectivity index (χ0) is 18.1. The van der Waals surface area contributed by atoms with E-state index in [9.17, 15) is 4.79 Å². The Morgan fingerprint density at radius 2 is 2.26 bits per heavy atom. The molecule has 1 aliphatic heterocycles. The summed E-state index contributed by atoms with van der Waals surface area (Å²) in [4.78, 5) is 24.6. The smallest absolute Gasteiger partial charge is 0.344 e. The van der Waals surface area contributed by atoms with E-state index in [0.29, 0.717) is 22.5 Å². The van der Waals surface area contributed by atoms with Crippen molar-refractivity contribution in [1.29, 1.82) is 0 Å². The Kier molecular flexibility index (Phi) is 5.85. The molecule has 0 radical (unpaired) electrons. The van der Waals surface area contributed by atoms with Crippen molar-refractivity contribution in [1.82, 2.24) is 19.5 Å². The van der Waals surface area contributed by atoms with Crippen LogP contribution >= 0.6 is 0 Å². The van der Waals surface area contributed by atoms with Gasteiger partial charge in [-0.25, -0.2) is 24.3 Å². The number of anilines is 1. The molecule has 9 nitrogen and oxygen atoms in total. The largest absolute Gasteiger partial charge is 1.00 e. The molecule has 1 fully saturated rings. The van der Waals surface area contributed by atoms with Gasteiger partial charge in [-0.1, -0.05) is 0 Å². The average Bonchev–Trinajstić information content (AvgIpc) is 3.27. The topological polar surface area (TPSA) is 109 Å². The Balaban J connectivity index is 0.00000210. The lowest BCUT2D eigenvalue weighted by Gasteiger charge is -2.15. The van der Waals surface area contributed by atoms with E-state index in [0.717, 1.165) is 12.8 Å². The number of hydrogen-bond acceptors (Lipinski definition) is 7. The molecule has 0 bridgehead atoms. The van der Waals surface area contributed by atoms with Crippen LogP contribution in [0.25, 0.3) is 11.2 Å². The van der Waals surface area contributed by atoms with Crippen molar-refractivity contribution in [3.8, 4) is 0 Å². The number of carbonyl (C=O) groups excluding carboxylic acids is 1. The number of halogens is 1.